The quantitative estimate of drug-likeness (QED) is 0.173. The van der Waals surface area contributed by atoms with Gasteiger partial charge in [-0.05, 0) is 161 Å². The van der Waals surface area contributed by atoms with Crippen LogP contribution in [-0.4, -0.2) is 5.25 Å². The first-order chi connectivity index (χ1) is 39.2. The van der Waals surface area contributed by atoms with Crippen LogP contribution in [0.25, 0.3) is 33.4 Å². The molecular formula is C75H47NS3. The Morgan fingerprint density at radius 3 is 1.09 bits per heavy atom. The average molecular weight is 1060 g/mol. The van der Waals surface area contributed by atoms with Crippen LogP contribution in [-0.2, 0) is 16.2 Å². The van der Waals surface area contributed by atoms with Crippen molar-refractivity contribution in [2.24, 2.45) is 5.92 Å². The Kier molecular flexibility index (Phi) is 9.28. The van der Waals surface area contributed by atoms with Crippen LogP contribution < -0.4 is 4.90 Å². The van der Waals surface area contributed by atoms with Crippen LogP contribution in [0.2, 0.25) is 0 Å². The zero-order chi connectivity index (χ0) is 51.6. The van der Waals surface area contributed by atoms with Crippen LogP contribution in [0, 0.1) is 5.92 Å². The van der Waals surface area contributed by atoms with E-state index >= 15 is 0 Å². The van der Waals surface area contributed by atoms with Gasteiger partial charge in [-0.3, -0.25) is 0 Å². The van der Waals surface area contributed by atoms with Crippen molar-refractivity contribution in [1.29, 1.82) is 0 Å². The number of nitrogens with zero attached hydrogens (tertiary/aromatic N) is 1. The summed E-state index contributed by atoms with van der Waals surface area (Å²) < 4.78 is 0. The minimum Gasteiger partial charge on any atom is -0.310 e. The molecule has 0 saturated heterocycles. The van der Waals surface area contributed by atoms with Gasteiger partial charge in [0.05, 0.1) is 16.2 Å². The highest BCUT2D eigenvalue weighted by molar-refractivity contribution is 8.00. The van der Waals surface area contributed by atoms with Crippen molar-refractivity contribution >= 4 is 52.3 Å². The molecule has 11 aromatic rings. The van der Waals surface area contributed by atoms with Gasteiger partial charge in [-0.25, -0.2) is 0 Å². The summed E-state index contributed by atoms with van der Waals surface area (Å²) in [5, 5.41) is 0.314. The molecule has 0 amide bonds. The van der Waals surface area contributed by atoms with Crippen LogP contribution in [0.15, 0.2) is 298 Å². The highest BCUT2D eigenvalue weighted by Gasteiger charge is 2.56. The van der Waals surface area contributed by atoms with Gasteiger partial charge >= 0.3 is 0 Å². The molecule has 11 aromatic carbocycles. The van der Waals surface area contributed by atoms with Crippen molar-refractivity contribution in [2.45, 2.75) is 46.0 Å². The smallest absolute Gasteiger partial charge is 0.0735 e. The standard InChI is InChI=1S/C75H47NS3/c1-4-22-55-49(19-1)52-43-46(37-40-58(52)73(55)61-25-7-13-31-67(61)77-68-32-14-8-26-62(68)73)76(47-38-41-59-53(44-47)50-20-2-5-23-56(50)74(59)63-27-9-15-33-69(63)78-70-34-16-10-28-64(70)74)48-39-42-60-54(45-48)51-21-3-6-24-57(51)75(60)65-29-11-17-35-71(65)79-72-36-18-12-30-66(72)75/h1-45,61,67H. The third kappa shape index (κ3) is 5.66. The predicted octanol–water partition coefficient (Wildman–Crippen LogP) is 19.3. The lowest BCUT2D eigenvalue weighted by molar-refractivity contribution is 0.449. The minimum absolute atomic E-state index is 0.247. The number of hydrogen-bond donors (Lipinski definition) is 0. The lowest BCUT2D eigenvalue weighted by Crippen LogP contribution is -2.43. The average Bonchev–Trinajstić information content (AvgIpc) is 2.96. The maximum absolute atomic E-state index is 2.57. The topological polar surface area (TPSA) is 3.24 Å². The molecule has 3 aliphatic heterocycles. The molecule has 0 radical (unpaired) electrons. The Morgan fingerprint density at radius 2 is 0.608 bits per heavy atom. The molecule has 7 aliphatic rings. The molecule has 3 atom stereocenters. The van der Waals surface area contributed by atoms with Crippen molar-refractivity contribution in [3.8, 4) is 33.4 Å². The maximum atomic E-state index is 2.57. The molecule has 0 aromatic heterocycles. The van der Waals surface area contributed by atoms with E-state index in [1.54, 1.807) is 0 Å². The summed E-state index contributed by atoms with van der Waals surface area (Å²) in [6.07, 6.45) is 9.46. The molecule has 4 aliphatic carbocycles. The zero-order valence-corrected chi connectivity index (χ0v) is 45.3. The Balaban J connectivity index is 0.900. The number of benzene rings is 11. The number of allylic oxidation sites excluding steroid dienone is 3. The summed E-state index contributed by atoms with van der Waals surface area (Å²) >= 11 is 5.81. The second-order valence-corrected chi connectivity index (χ2v) is 25.4. The number of hydrogen-bond acceptors (Lipinski definition) is 4. The van der Waals surface area contributed by atoms with E-state index in [0.29, 0.717) is 5.25 Å². The molecule has 0 saturated carbocycles. The molecule has 3 spiro atoms. The Labute approximate surface area is 473 Å². The van der Waals surface area contributed by atoms with E-state index < -0.39 is 10.8 Å². The van der Waals surface area contributed by atoms with E-state index in [4.69, 9.17) is 0 Å². The molecule has 0 fully saturated rings. The SMILES string of the molecule is C1=CC2Sc3ccccc3C3(c4ccccc4-c4cc(N(c5ccc6c(c5)-c5ccccc5C65c6ccccc6Sc6ccccc65)c5ccc6c(c5)-c5ccccc5C65c6ccccc6Sc6ccccc65)ccc43)C2C=C1. The highest BCUT2D eigenvalue weighted by Crippen LogP contribution is 2.67. The highest BCUT2D eigenvalue weighted by atomic mass is 32.2. The molecule has 4 heteroatoms. The van der Waals surface area contributed by atoms with E-state index in [1.807, 2.05) is 35.3 Å². The van der Waals surface area contributed by atoms with Crippen molar-refractivity contribution in [2.75, 3.05) is 4.90 Å². The van der Waals surface area contributed by atoms with Gasteiger partial charge in [0.15, 0.2) is 0 Å². The molecule has 18 rings (SSSR count). The number of anilines is 3. The molecule has 0 N–H and O–H groups in total. The van der Waals surface area contributed by atoms with E-state index in [1.165, 1.54) is 119 Å². The fourth-order valence-corrected chi connectivity index (χ4v) is 19.6. The van der Waals surface area contributed by atoms with Gasteiger partial charge in [-0.2, -0.15) is 0 Å². The van der Waals surface area contributed by atoms with Crippen molar-refractivity contribution in [3.63, 3.8) is 0 Å². The zero-order valence-electron chi connectivity index (χ0n) is 42.8. The monoisotopic (exact) mass is 1060 g/mol. The van der Waals surface area contributed by atoms with E-state index in [0.717, 1.165) is 17.1 Å². The number of fused-ring (bicyclic) bond motifs is 27. The van der Waals surface area contributed by atoms with Crippen LogP contribution >= 0.6 is 35.3 Å². The third-order valence-corrected chi connectivity index (χ3v) is 22.3. The molecule has 370 valence electrons. The normalized spacial score (nSPS) is 19.4. The minimum atomic E-state index is -0.467. The Morgan fingerprint density at radius 1 is 0.278 bits per heavy atom. The van der Waals surface area contributed by atoms with E-state index in [2.05, 4.69) is 278 Å². The fourth-order valence-electron chi connectivity index (χ4n) is 15.8. The molecule has 3 heterocycles. The van der Waals surface area contributed by atoms with Gasteiger partial charge in [0, 0.05) is 52.7 Å². The van der Waals surface area contributed by atoms with Gasteiger partial charge in [-0.1, -0.05) is 230 Å². The Bertz CT molecular complexity index is 4260. The molecular weight excluding hydrogens is 1010 g/mol. The van der Waals surface area contributed by atoms with Crippen molar-refractivity contribution in [1.82, 2.24) is 0 Å². The fraction of sp³-hybridized carbons (Fsp3) is 0.0667. The first-order valence-corrected chi connectivity index (χ1v) is 30.1. The summed E-state index contributed by atoms with van der Waals surface area (Å²) in [5.74, 6) is 0.247. The Hall–Kier alpha value is -8.25. The largest absolute Gasteiger partial charge is 0.310 e. The molecule has 0 bridgehead atoms. The molecule has 79 heavy (non-hydrogen) atoms. The summed E-state index contributed by atoms with van der Waals surface area (Å²) in [7, 11) is 0. The summed E-state index contributed by atoms with van der Waals surface area (Å²) in [6, 6.07) is 95.8. The number of thioether (sulfide) groups is 1. The summed E-state index contributed by atoms with van der Waals surface area (Å²) in [5.41, 5.74) is 24.8. The predicted molar refractivity (Wildman–Crippen MR) is 327 cm³/mol. The lowest BCUT2D eigenvalue weighted by atomic mass is 9.62. The first-order valence-electron chi connectivity index (χ1n) is 27.5. The van der Waals surface area contributed by atoms with Crippen LogP contribution in [0.3, 0.4) is 0 Å². The van der Waals surface area contributed by atoms with E-state index in [-0.39, 0.29) is 11.3 Å². The van der Waals surface area contributed by atoms with Gasteiger partial charge in [0.25, 0.3) is 0 Å². The second-order valence-electron chi connectivity index (χ2n) is 22.0. The first kappa shape index (κ1) is 44.7. The number of rotatable bonds is 3. The van der Waals surface area contributed by atoms with Gasteiger partial charge in [-0.15, -0.1) is 11.8 Å². The maximum Gasteiger partial charge on any atom is 0.0735 e. The summed E-state index contributed by atoms with van der Waals surface area (Å²) in [6.45, 7) is 0. The van der Waals surface area contributed by atoms with Gasteiger partial charge in [0.2, 0.25) is 0 Å². The van der Waals surface area contributed by atoms with Crippen molar-refractivity contribution < 1.29 is 0 Å². The van der Waals surface area contributed by atoms with Crippen LogP contribution in [0.4, 0.5) is 17.1 Å². The lowest BCUT2D eigenvalue weighted by Gasteiger charge is -2.47. The van der Waals surface area contributed by atoms with Crippen LogP contribution in [0.1, 0.15) is 61.2 Å². The summed E-state index contributed by atoms with van der Waals surface area (Å²) in [4.78, 5) is 9.20. The third-order valence-electron chi connectivity index (χ3n) is 18.7. The van der Waals surface area contributed by atoms with E-state index in [9.17, 15) is 0 Å². The van der Waals surface area contributed by atoms with Crippen molar-refractivity contribution in [3.05, 3.63) is 334 Å². The molecule has 3 unspecified atom stereocenters. The van der Waals surface area contributed by atoms with Crippen LogP contribution in [0.5, 0.6) is 0 Å². The second kappa shape index (κ2) is 16.4. The van der Waals surface area contributed by atoms with Gasteiger partial charge < -0.3 is 4.90 Å². The van der Waals surface area contributed by atoms with Gasteiger partial charge in [0.1, 0.15) is 0 Å². The molecule has 1 nitrogen and oxygen atoms in total.